The molecule has 0 radical (unpaired) electrons. The molecule has 1 N–H and O–H groups in total. The second kappa shape index (κ2) is 14.8. The summed E-state index contributed by atoms with van der Waals surface area (Å²) in [6, 6.07) is 0. The lowest BCUT2D eigenvalue weighted by atomic mass is 9.91. The van der Waals surface area contributed by atoms with Crippen LogP contribution in [0.15, 0.2) is 0 Å². The summed E-state index contributed by atoms with van der Waals surface area (Å²) < 4.78 is 78.7. The topological polar surface area (TPSA) is 38.7 Å². The van der Waals surface area contributed by atoms with Gasteiger partial charge in [-0.25, -0.2) is 22.0 Å². The highest BCUT2D eigenvalue weighted by Crippen LogP contribution is 2.32. The van der Waals surface area contributed by atoms with Gasteiger partial charge in [-0.05, 0) is 39.5 Å². The molecular weight excluding hydrogens is 431 g/mol. The van der Waals surface area contributed by atoms with Gasteiger partial charge >= 0.3 is 0 Å². The maximum absolute atomic E-state index is 13.9. The van der Waals surface area contributed by atoms with E-state index in [4.69, 9.17) is 9.47 Å². The molecule has 1 aromatic rings. The Balaban J connectivity index is 2.75. The van der Waals surface area contributed by atoms with Crippen LogP contribution in [0.1, 0.15) is 90.5 Å². The van der Waals surface area contributed by atoms with E-state index >= 15 is 0 Å². The van der Waals surface area contributed by atoms with Gasteiger partial charge in [0.2, 0.25) is 5.82 Å². The zero-order chi connectivity index (χ0) is 24.1. The minimum absolute atomic E-state index is 0.194. The summed E-state index contributed by atoms with van der Waals surface area (Å²) in [5, 5.41) is 10.9. The van der Waals surface area contributed by atoms with Crippen LogP contribution in [0.4, 0.5) is 22.0 Å². The first-order valence-electron chi connectivity index (χ1n) is 11.7. The first kappa shape index (κ1) is 28.8. The number of halogens is 5. The number of benzene rings is 1. The predicted octanol–water partition coefficient (Wildman–Crippen LogP) is 7.18. The molecule has 0 aliphatic carbocycles. The van der Waals surface area contributed by atoms with Crippen LogP contribution in [-0.4, -0.2) is 24.3 Å². The smallest absolute Gasteiger partial charge is 0.283 e. The standard InChI is InChI=1S/C24H37F5O3/c1-4-7-8-9-10-11-14-17(24(30,31-5-2)32-6-3)15-12-13-16-18-19(25)21(27)23(29)22(28)20(18)26/h17,30H,4-16H2,1-3H3. The molecule has 3 nitrogen and oxygen atoms in total. The molecule has 0 saturated carbocycles. The van der Waals surface area contributed by atoms with Gasteiger partial charge in [-0.1, -0.05) is 51.9 Å². The van der Waals surface area contributed by atoms with Crippen LogP contribution < -0.4 is 0 Å². The largest absolute Gasteiger partial charge is 0.343 e. The van der Waals surface area contributed by atoms with Crippen LogP contribution in [0.2, 0.25) is 0 Å². The van der Waals surface area contributed by atoms with Gasteiger partial charge in [-0.3, -0.25) is 0 Å². The maximum Gasteiger partial charge on any atom is 0.283 e. The molecule has 186 valence electrons. The summed E-state index contributed by atoms with van der Waals surface area (Å²) in [5.41, 5.74) is -0.807. The van der Waals surface area contributed by atoms with E-state index in [1.54, 1.807) is 13.8 Å². The zero-order valence-electron chi connectivity index (χ0n) is 19.4. The van der Waals surface area contributed by atoms with Crippen molar-refractivity contribution in [2.45, 2.75) is 97.4 Å². The molecule has 0 fully saturated rings. The van der Waals surface area contributed by atoms with E-state index in [-0.39, 0.29) is 32.0 Å². The third-order valence-electron chi connectivity index (χ3n) is 5.65. The van der Waals surface area contributed by atoms with Crippen LogP contribution >= 0.6 is 0 Å². The highest BCUT2D eigenvalue weighted by atomic mass is 19.2. The number of aliphatic hydroxyl groups is 1. The molecule has 1 atom stereocenters. The Bertz CT molecular complexity index is 649. The van der Waals surface area contributed by atoms with Gasteiger partial charge < -0.3 is 14.6 Å². The summed E-state index contributed by atoms with van der Waals surface area (Å²) in [4.78, 5) is 0. The Morgan fingerprint density at radius 2 is 1.09 bits per heavy atom. The lowest BCUT2D eigenvalue weighted by Crippen LogP contribution is -2.44. The zero-order valence-corrected chi connectivity index (χ0v) is 19.4. The van der Waals surface area contributed by atoms with E-state index in [0.717, 1.165) is 32.1 Å². The van der Waals surface area contributed by atoms with Crippen molar-refractivity contribution in [3.63, 3.8) is 0 Å². The van der Waals surface area contributed by atoms with Crippen LogP contribution in [0.5, 0.6) is 0 Å². The average Bonchev–Trinajstić information content (AvgIpc) is 2.76. The minimum Gasteiger partial charge on any atom is -0.343 e. The van der Waals surface area contributed by atoms with Crippen molar-refractivity contribution in [1.82, 2.24) is 0 Å². The number of ether oxygens (including phenoxy) is 2. The van der Waals surface area contributed by atoms with E-state index in [2.05, 4.69) is 6.92 Å². The van der Waals surface area contributed by atoms with Crippen molar-refractivity contribution in [2.24, 2.45) is 5.92 Å². The Hall–Kier alpha value is -1.25. The van der Waals surface area contributed by atoms with Crippen molar-refractivity contribution in [3.8, 4) is 0 Å². The molecule has 0 bridgehead atoms. The van der Waals surface area contributed by atoms with E-state index < -0.39 is 40.6 Å². The Morgan fingerprint density at radius 1 is 0.656 bits per heavy atom. The third-order valence-corrected chi connectivity index (χ3v) is 5.65. The molecular formula is C24H37F5O3. The van der Waals surface area contributed by atoms with Gasteiger partial charge in [0.05, 0.1) is 0 Å². The molecule has 1 rings (SSSR count). The van der Waals surface area contributed by atoms with Gasteiger partial charge in [0.25, 0.3) is 5.97 Å². The fraction of sp³-hybridized carbons (Fsp3) is 0.750. The quantitative estimate of drug-likeness (QED) is 0.0865. The number of rotatable bonds is 17. The summed E-state index contributed by atoms with van der Waals surface area (Å²) in [6.07, 6.45) is 7.85. The van der Waals surface area contributed by atoms with Crippen molar-refractivity contribution >= 4 is 0 Å². The number of hydrogen-bond acceptors (Lipinski definition) is 3. The van der Waals surface area contributed by atoms with Gasteiger partial charge in [-0.2, -0.15) is 0 Å². The monoisotopic (exact) mass is 468 g/mol. The van der Waals surface area contributed by atoms with Gasteiger partial charge in [0, 0.05) is 24.7 Å². The molecule has 0 aliphatic rings. The molecule has 1 aromatic carbocycles. The molecule has 8 heteroatoms. The lowest BCUT2D eigenvalue weighted by Gasteiger charge is -2.35. The molecule has 0 aliphatic heterocycles. The SMILES string of the molecule is CCCCCCCCC(CCCCc1c(F)c(F)c(F)c(F)c1F)C(O)(OCC)OCC. The fourth-order valence-electron chi connectivity index (χ4n) is 3.93. The maximum atomic E-state index is 13.9. The van der Waals surface area contributed by atoms with Crippen LogP contribution in [0, 0.1) is 35.0 Å². The van der Waals surface area contributed by atoms with Gasteiger partial charge in [0.1, 0.15) is 0 Å². The highest BCUT2D eigenvalue weighted by Gasteiger charge is 2.38. The molecule has 1 unspecified atom stereocenters. The van der Waals surface area contributed by atoms with E-state index in [9.17, 15) is 27.1 Å². The van der Waals surface area contributed by atoms with E-state index in [1.807, 2.05) is 0 Å². The van der Waals surface area contributed by atoms with Gasteiger partial charge in [-0.15, -0.1) is 0 Å². The van der Waals surface area contributed by atoms with Crippen molar-refractivity contribution < 1.29 is 36.5 Å². The Labute approximate surface area is 188 Å². The summed E-state index contributed by atoms with van der Waals surface area (Å²) in [7, 11) is 0. The summed E-state index contributed by atoms with van der Waals surface area (Å²) in [6.45, 7) is 6.12. The van der Waals surface area contributed by atoms with Gasteiger partial charge in [0.15, 0.2) is 23.3 Å². The molecule has 0 heterocycles. The Morgan fingerprint density at radius 3 is 1.59 bits per heavy atom. The van der Waals surface area contributed by atoms with Crippen molar-refractivity contribution in [3.05, 3.63) is 34.6 Å². The van der Waals surface area contributed by atoms with Crippen LogP contribution in [0.3, 0.4) is 0 Å². The normalized spacial score (nSPS) is 13.0. The second-order valence-electron chi connectivity index (χ2n) is 8.04. The van der Waals surface area contributed by atoms with Crippen molar-refractivity contribution in [1.29, 1.82) is 0 Å². The average molecular weight is 469 g/mol. The molecule has 0 saturated heterocycles. The third kappa shape index (κ3) is 8.27. The molecule has 0 spiro atoms. The second-order valence-corrected chi connectivity index (χ2v) is 8.04. The predicted molar refractivity (Wildman–Crippen MR) is 113 cm³/mol. The summed E-state index contributed by atoms with van der Waals surface area (Å²) >= 11 is 0. The number of unbranched alkanes of at least 4 members (excludes halogenated alkanes) is 6. The van der Waals surface area contributed by atoms with E-state index in [0.29, 0.717) is 19.3 Å². The lowest BCUT2D eigenvalue weighted by molar-refractivity contribution is -0.385. The van der Waals surface area contributed by atoms with Crippen LogP contribution in [-0.2, 0) is 15.9 Å². The first-order valence-corrected chi connectivity index (χ1v) is 11.7. The number of hydrogen-bond donors (Lipinski definition) is 1. The molecule has 0 amide bonds. The van der Waals surface area contributed by atoms with E-state index in [1.165, 1.54) is 6.42 Å². The fourth-order valence-corrected chi connectivity index (χ4v) is 3.93. The highest BCUT2D eigenvalue weighted by molar-refractivity contribution is 5.24. The minimum atomic E-state index is -2.15. The van der Waals surface area contributed by atoms with Crippen molar-refractivity contribution in [2.75, 3.05) is 13.2 Å². The molecule has 0 aromatic heterocycles. The summed E-state index contributed by atoms with van der Waals surface area (Å²) in [5.74, 6) is -11.7. The Kier molecular flexibility index (Phi) is 13.3. The first-order chi connectivity index (χ1) is 15.2. The molecule has 32 heavy (non-hydrogen) atoms. The van der Waals surface area contributed by atoms with Crippen LogP contribution in [0.25, 0.3) is 0 Å².